The minimum atomic E-state index is -5.08. The second-order valence-corrected chi connectivity index (χ2v) is 7.23. The number of hydrogen-bond donors (Lipinski definition) is 2. The first kappa shape index (κ1) is 23.0. The van der Waals surface area contributed by atoms with Crippen LogP contribution in [0, 0.1) is 0 Å². The molecule has 0 aliphatic heterocycles. The lowest BCUT2D eigenvalue weighted by Crippen LogP contribution is -2.32. The lowest BCUT2D eigenvalue weighted by Gasteiger charge is -2.23. The number of carbonyl (C=O) groups excluding carboxylic acids is 1. The normalized spacial score (nSPS) is 12.2. The van der Waals surface area contributed by atoms with Crippen LogP contribution < -0.4 is 16.4 Å². The number of nitrogens with two attached hydrogens (primary N) is 2. The van der Waals surface area contributed by atoms with Gasteiger partial charge in [-0.2, -0.15) is 26.3 Å². The number of anilines is 3. The van der Waals surface area contributed by atoms with Crippen molar-refractivity contribution in [3.63, 3.8) is 0 Å². The van der Waals surface area contributed by atoms with Crippen LogP contribution in [0.3, 0.4) is 0 Å². The second kappa shape index (κ2) is 7.97. The molecular weight excluding hydrogens is 466 g/mol. The highest BCUT2D eigenvalue weighted by molar-refractivity contribution is 6.02. The van der Waals surface area contributed by atoms with Crippen molar-refractivity contribution in [2.24, 2.45) is 5.73 Å². The Balaban J connectivity index is 1.81. The molecule has 176 valence electrons. The molecule has 0 aliphatic rings. The Morgan fingerprint density at radius 3 is 1.97 bits per heavy atom. The molecule has 1 heterocycles. The van der Waals surface area contributed by atoms with Gasteiger partial charge >= 0.3 is 18.4 Å². The van der Waals surface area contributed by atoms with Crippen molar-refractivity contribution in [2.45, 2.75) is 12.4 Å². The molecule has 4 rings (SSSR count). The molecule has 0 aliphatic carbocycles. The van der Waals surface area contributed by atoms with Gasteiger partial charge < -0.3 is 16.0 Å². The maximum Gasteiger partial charge on any atom is 0.416 e. The number of rotatable bonds is 3. The summed E-state index contributed by atoms with van der Waals surface area (Å²) in [5.41, 5.74) is 8.91. The summed E-state index contributed by atoms with van der Waals surface area (Å²) in [6.45, 7) is 0. The van der Waals surface area contributed by atoms with Crippen LogP contribution in [0.2, 0.25) is 0 Å². The van der Waals surface area contributed by atoms with Crippen LogP contribution in [-0.4, -0.2) is 11.2 Å². The van der Waals surface area contributed by atoms with Crippen molar-refractivity contribution in [2.75, 3.05) is 10.6 Å². The quantitative estimate of drug-likeness (QED) is 0.335. The number of primary amides is 1. The third-order valence-corrected chi connectivity index (χ3v) is 5.01. The van der Waals surface area contributed by atoms with Crippen LogP contribution in [0.25, 0.3) is 22.1 Å². The molecule has 0 saturated carbocycles. The molecule has 0 bridgehead atoms. The van der Waals surface area contributed by atoms with E-state index in [0.29, 0.717) is 39.1 Å². The minimum Gasteiger partial charge on any atom is -0.380 e. The van der Waals surface area contributed by atoms with Gasteiger partial charge in [-0.1, -0.05) is 29.4 Å². The maximum atomic E-state index is 13.3. The van der Waals surface area contributed by atoms with E-state index in [9.17, 15) is 31.1 Å². The van der Waals surface area contributed by atoms with E-state index in [1.54, 1.807) is 18.2 Å². The van der Waals surface area contributed by atoms with E-state index in [1.807, 2.05) is 0 Å². The number of carbonyl (C=O) groups is 1. The molecule has 6 nitrogen and oxygen atoms in total. The first-order chi connectivity index (χ1) is 15.9. The Morgan fingerprint density at radius 1 is 0.853 bits per heavy atom. The topological polar surface area (TPSA) is 98.4 Å². The summed E-state index contributed by atoms with van der Waals surface area (Å²) < 4.78 is 84.6. The number of benzene rings is 3. The Bertz CT molecular complexity index is 1340. The Morgan fingerprint density at radius 2 is 1.44 bits per heavy atom. The average Bonchev–Trinajstić information content (AvgIpc) is 3.14. The fourth-order valence-electron chi connectivity index (χ4n) is 3.52. The van der Waals surface area contributed by atoms with Gasteiger partial charge in [0.25, 0.3) is 0 Å². The molecule has 1 aromatic heterocycles. The van der Waals surface area contributed by atoms with Crippen LogP contribution in [0.15, 0.2) is 65.2 Å². The highest BCUT2D eigenvalue weighted by atomic mass is 19.4. The molecule has 0 saturated heterocycles. The number of nitrogens with zero attached hydrogens (tertiary/aromatic N) is 2. The van der Waals surface area contributed by atoms with Crippen molar-refractivity contribution in [3.8, 4) is 11.1 Å². The Hall–Kier alpha value is -4.22. The van der Waals surface area contributed by atoms with E-state index in [4.69, 9.17) is 16.0 Å². The second-order valence-electron chi connectivity index (χ2n) is 7.23. The molecule has 0 atom stereocenters. The lowest BCUT2D eigenvalue weighted by atomic mass is 10.0. The molecule has 34 heavy (non-hydrogen) atoms. The fraction of sp³-hybridized carbons (Fsp3) is 0.0909. The molecule has 0 unspecified atom stereocenters. The summed E-state index contributed by atoms with van der Waals surface area (Å²) in [5, 5.41) is 4.22. The number of aromatic nitrogens is 1. The van der Waals surface area contributed by atoms with Gasteiger partial charge in [-0.15, -0.1) is 0 Å². The molecular formula is C22H14F6N4O2. The maximum absolute atomic E-state index is 13.3. The highest BCUT2D eigenvalue weighted by Crippen LogP contribution is 2.40. The number of fused-ring (bicyclic) bond motifs is 1. The zero-order valence-electron chi connectivity index (χ0n) is 16.9. The highest BCUT2D eigenvalue weighted by Gasteiger charge is 2.38. The van der Waals surface area contributed by atoms with Crippen molar-refractivity contribution in [1.82, 2.24) is 5.16 Å². The molecule has 3 aromatic carbocycles. The number of hydrogen-bond acceptors (Lipinski definition) is 4. The van der Waals surface area contributed by atoms with Gasteiger partial charge in [0.15, 0.2) is 11.4 Å². The van der Waals surface area contributed by atoms with Crippen LogP contribution >= 0.6 is 0 Å². The summed E-state index contributed by atoms with van der Waals surface area (Å²) in [7, 11) is 0. The Kier molecular flexibility index (Phi) is 5.38. The summed E-state index contributed by atoms with van der Waals surface area (Å²) in [6, 6.07) is 10.3. The molecule has 12 heteroatoms. The minimum absolute atomic E-state index is 0.0320. The van der Waals surface area contributed by atoms with Gasteiger partial charge in [0, 0.05) is 0 Å². The van der Waals surface area contributed by atoms with Gasteiger partial charge in [0.05, 0.1) is 27.9 Å². The van der Waals surface area contributed by atoms with Crippen molar-refractivity contribution < 1.29 is 35.7 Å². The van der Waals surface area contributed by atoms with Gasteiger partial charge in [-0.25, -0.2) is 4.79 Å². The molecule has 2 amide bonds. The monoisotopic (exact) mass is 480 g/mol. The summed E-state index contributed by atoms with van der Waals surface area (Å²) in [6.07, 6.45) is -10.2. The predicted molar refractivity (Wildman–Crippen MR) is 112 cm³/mol. The summed E-state index contributed by atoms with van der Waals surface area (Å²) in [4.78, 5) is 12.7. The smallest absolute Gasteiger partial charge is 0.380 e. The first-order valence-corrected chi connectivity index (χ1v) is 9.49. The van der Waals surface area contributed by atoms with Crippen molar-refractivity contribution in [1.29, 1.82) is 0 Å². The molecule has 0 fully saturated rings. The van der Waals surface area contributed by atoms with Gasteiger partial charge in [-0.3, -0.25) is 4.90 Å². The van der Waals surface area contributed by atoms with Gasteiger partial charge in [0.1, 0.15) is 0 Å². The van der Waals surface area contributed by atoms with E-state index in [2.05, 4.69) is 5.16 Å². The zero-order chi connectivity index (χ0) is 24.8. The van der Waals surface area contributed by atoms with E-state index >= 15 is 0 Å². The van der Waals surface area contributed by atoms with E-state index in [-0.39, 0.29) is 17.6 Å². The first-order valence-electron chi connectivity index (χ1n) is 9.49. The number of halogens is 6. The number of amides is 2. The van der Waals surface area contributed by atoms with Crippen molar-refractivity contribution in [3.05, 3.63) is 71.8 Å². The van der Waals surface area contributed by atoms with Gasteiger partial charge in [-0.05, 0) is 47.5 Å². The molecule has 4 N–H and O–H groups in total. The standard InChI is InChI=1S/C22H14F6N4O2/c23-21(24,25)12-8-13(22(26,27)28)10-15(9-12)32(20(30)33)14-6-4-11(5-7-14)16-2-1-3-17-18(16)19(29)31-34-17/h1-10H,(H2,29,31)(H2,30,33). The van der Waals surface area contributed by atoms with Crippen molar-refractivity contribution >= 4 is 34.2 Å². The average molecular weight is 480 g/mol. The third kappa shape index (κ3) is 4.21. The SMILES string of the molecule is NC(=O)N(c1ccc(-c2cccc3onc(N)c23)cc1)c1cc(C(F)(F)F)cc(C(F)(F)F)c1. The van der Waals surface area contributed by atoms with E-state index in [0.717, 1.165) is 0 Å². The fourth-order valence-corrected chi connectivity index (χ4v) is 3.52. The predicted octanol–water partition coefficient (Wildman–Crippen LogP) is 6.33. The number of alkyl halides is 6. The van der Waals surface area contributed by atoms with Crippen LogP contribution in [0.4, 0.5) is 48.3 Å². The number of urea groups is 1. The van der Waals surface area contributed by atoms with Crippen LogP contribution in [-0.2, 0) is 12.4 Å². The van der Waals surface area contributed by atoms with E-state index < -0.39 is 35.2 Å². The molecule has 0 spiro atoms. The Labute approximate surface area is 187 Å². The largest absolute Gasteiger partial charge is 0.416 e. The lowest BCUT2D eigenvalue weighted by molar-refractivity contribution is -0.143. The van der Waals surface area contributed by atoms with E-state index in [1.165, 1.54) is 24.3 Å². The summed E-state index contributed by atoms with van der Waals surface area (Å²) in [5.74, 6) is 0.136. The number of nitrogen functional groups attached to an aromatic ring is 1. The molecule has 0 radical (unpaired) electrons. The van der Waals surface area contributed by atoms with Gasteiger partial charge in [0.2, 0.25) is 0 Å². The van der Waals surface area contributed by atoms with Crippen LogP contribution in [0.1, 0.15) is 11.1 Å². The molecule has 4 aromatic rings. The third-order valence-electron chi connectivity index (χ3n) is 5.01. The van der Waals surface area contributed by atoms with Crippen LogP contribution in [0.5, 0.6) is 0 Å². The zero-order valence-corrected chi connectivity index (χ0v) is 16.9. The summed E-state index contributed by atoms with van der Waals surface area (Å²) >= 11 is 0.